The number of hydrogen-bond acceptors (Lipinski definition) is 1. The van der Waals surface area contributed by atoms with Crippen molar-refractivity contribution in [2.45, 2.75) is 35.9 Å². The molecule has 1 saturated heterocycles. The van der Waals surface area contributed by atoms with Gasteiger partial charge in [-0.25, -0.2) is 0 Å². The number of piperidine rings is 1. The lowest BCUT2D eigenvalue weighted by molar-refractivity contribution is -0.532. The Balaban J connectivity index is 3.87. The van der Waals surface area contributed by atoms with Gasteiger partial charge in [0.1, 0.15) is 0 Å². The van der Waals surface area contributed by atoms with Crippen LogP contribution in [0, 0.1) is 0 Å². The van der Waals surface area contributed by atoms with Gasteiger partial charge >= 0.3 is 42.0 Å². The molecule has 1 rings (SSSR count). The minimum atomic E-state index is -7.62. The Morgan fingerprint density at radius 2 is 0.875 bits per heavy atom. The Kier molecular flexibility index (Phi) is 4.18. The molecule has 0 N–H and O–H groups in total. The molecular weight excluding hydrogens is 395 g/mol. The molecule has 1 heterocycles. The molecular formula is C8F15N. The maximum absolute atomic E-state index is 13.1. The molecule has 0 aliphatic carbocycles. The monoisotopic (exact) mass is 395 g/mol. The van der Waals surface area contributed by atoms with Crippen molar-refractivity contribution in [3.05, 3.63) is 11.9 Å². The summed E-state index contributed by atoms with van der Waals surface area (Å²) in [7, 11) is 0. The summed E-state index contributed by atoms with van der Waals surface area (Å²) >= 11 is 0. The lowest BCUT2D eigenvalue weighted by Gasteiger charge is -2.52. The second-order valence-electron chi connectivity index (χ2n) is 4.26. The van der Waals surface area contributed by atoms with Gasteiger partial charge in [-0.1, -0.05) is 0 Å². The van der Waals surface area contributed by atoms with Gasteiger partial charge in [-0.15, -0.1) is 4.90 Å². The maximum Gasteiger partial charge on any atom is 0.393 e. The highest BCUT2D eigenvalue weighted by Gasteiger charge is 2.97. The van der Waals surface area contributed by atoms with E-state index in [0.29, 0.717) is 0 Å². The highest BCUT2D eigenvalue weighted by molar-refractivity contribution is 5.19. The molecule has 0 bridgehead atoms. The van der Waals surface area contributed by atoms with Crippen LogP contribution in [0.5, 0.6) is 0 Å². The van der Waals surface area contributed by atoms with Gasteiger partial charge in [0, 0.05) is 0 Å². The van der Waals surface area contributed by atoms with Crippen molar-refractivity contribution in [1.29, 1.82) is 0 Å². The van der Waals surface area contributed by atoms with Crippen molar-refractivity contribution >= 4 is 0 Å². The molecule has 0 radical (unpaired) electrons. The van der Waals surface area contributed by atoms with E-state index in [4.69, 9.17) is 0 Å². The van der Waals surface area contributed by atoms with Gasteiger partial charge in [-0.3, -0.25) is 0 Å². The van der Waals surface area contributed by atoms with Crippen LogP contribution in [0.1, 0.15) is 0 Å². The lowest BCUT2D eigenvalue weighted by Crippen LogP contribution is -2.84. The summed E-state index contributed by atoms with van der Waals surface area (Å²) in [6.07, 6.45) is -4.32. The first-order chi connectivity index (χ1) is 10.2. The number of nitrogens with zero attached hydrogens (tertiary/aromatic N) is 1. The summed E-state index contributed by atoms with van der Waals surface area (Å²) in [6, 6.07) is -22.3. The van der Waals surface area contributed by atoms with Crippen LogP contribution < -0.4 is 0 Å². The molecule has 142 valence electrons. The molecule has 1 nitrogen and oxygen atoms in total. The number of alkyl halides is 12. The first kappa shape index (κ1) is 20.7. The molecule has 16 heteroatoms. The summed E-state index contributed by atoms with van der Waals surface area (Å²) in [6.45, 7) is 0. The van der Waals surface area contributed by atoms with Crippen molar-refractivity contribution < 1.29 is 65.9 Å². The molecule has 0 spiro atoms. The average molecular weight is 395 g/mol. The molecule has 0 aromatic heterocycles. The molecule has 1 fully saturated rings. The fourth-order valence-electron chi connectivity index (χ4n) is 1.60. The van der Waals surface area contributed by atoms with E-state index < -0.39 is 52.7 Å². The van der Waals surface area contributed by atoms with Gasteiger partial charge in [-0.2, -0.15) is 65.9 Å². The van der Waals surface area contributed by atoms with Crippen LogP contribution in [-0.2, 0) is 0 Å². The van der Waals surface area contributed by atoms with E-state index in [0.717, 1.165) is 0 Å². The largest absolute Gasteiger partial charge is 0.393 e. The van der Waals surface area contributed by atoms with Gasteiger partial charge in [0.2, 0.25) is 0 Å². The van der Waals surface area contributed by atoms with Crippen molar-refractivity contribution in [2.75, 3.05) is 0 Å². The Labute approximate surface area is 120 Å². The van der Waals surface area contributed by atoms with Crippen LogP contribution in [0.15, 0.2) is 11.9 Å². The third-order valence-corrected chi connectivity index (χ3v) is 2.82. The van der Waals surface area contributed by atoms with E-state index >= 15 is 0 Å². The van der Waals surface area contributed by atoms with Crippen LogP contribution >= 0.6 is 0 Å². The number of hydrogen-bond donors (Lipinski definition) is 0. The van der Waals surface area contributed by atoms with Crippen molar-refractivity contribution in [3.63, 3.8) is 0 Å². The van der Waals surface area contributed by atoms with Crippen LogP contribution in [0.25, 0.3) is 0 Å². The van der Waals surface area contributed by atoms with Crippen LogP contribution in [0.4, 0.5) is 65.9 Å². The van der Waals surface area contributed by atoms with Gasteiger partial charge in [-0.05, 0) is 0 Å². The summed E-state index contributed by atoms with van der Waals surface area (Å²) < 4.78 is 191. The van der Waals surface area contributed by atoms with Gasteiger partial charge in [0.25, 0.3) is 5.83 Å². The second-order valence-corrected chi connectivity index (χ2v) is 4.26. The van der Waals surface area contributed by atoms with E-state index in [1.165, 1.54) is 0 Å². The van der Waals surface area contributed by atoms with Crippen LogP contribution in [-0.4, -0.2) is 40.8 Å². The minimum Gasteiger partial charge on any atom is -0.197 e. The third-order valence-electron chi connectivity index (χ3n) is 2.82. The number of halogens is 15. The van der Waals surface area contributed by atoms with Gasteiger partial charge in [0.15, 0.2) is 0 Å². The third kappa shape index (κ3) is 2.03. The quantitative estimate of drug-likeness (QED) is 0.467. The van der Waals surface area contributed by atoms with Gasteiger partial charge < -0.3 is 0 Å². The minimum absolute atomic E-state index is 4.00. The zero-order valence-electron chi connectivity index (χ0n) is 10.1. The van der Waals surface area contributed by atoms with E-state index in [1.807, 2.05) is 0 Å². The zero-order valence-corrected chi connectivity index (χ0v) is 10.1. The molecule has 1 aliphatic rings. The second kappa shape index (κ2) is 4.85. The molecule has 0 aromatic carbocycles. The van der Waals surface area contributed by atoms with Crippen molar-refractivity contribution in [1.82, 2.24) is 4.90 Å². The van der Waals surface area contributed by atoms with E-state index in [1.54, 1.807) is 0 Å². The highest BCUT2D eigenvalue weighted by atomic mass is 19.4. The van der Waals surface area contributed by atoms with E-state index in [-0.39, 0.29) is 0 Å². The Morgan fingerprint density at radius 1 is 0.583 bits per heavy atom. The first-order valence-electron chi connectivity index (χ1n) is 5.01. The summed E-state index contributed by atoms with van der Waals surface area (Å²) in [4.78, 5) is -4.00. The smallest absolute Gasteiger partial charge is 0.197 e. The first-order valence-corrected chi connectivity index (χ1v) is 5.01. The van der Waals surface area contributed by atoms with E-state index in [9.17, 15) is 65.9 Å². The lowest BCUT2D eigenvalue weighted by atomic mass is 9.93. The standard InChI is InChI=1S/C8F15N/c9-1(2(10)11)3(12,13)24-7(20,21)5(16,17)4(14,15)6(18,19)8(24,22)23. The molecule has 0 amide bonds. The van der Waals surface area contributed by atoms with Gasteiger partial charge in [0.05, 0.1) is 0 Å². The van der Waals surface area contributed by atoms with Crippen LogP contribution in [0.2, 0.25) is 0 Å². The maximum atomic E-state index is 13.1. The topological polar surface area (TPSA) is 3.24 Å². The summed E-state index contributed by atoms with van der Waals surface area (Å²) in [5, 5.41) is 0. The SMILES string of the molecule is FC(F)=C(F)C(F)(F)N1C(F)(F)C(F)(F)C(F)(F)C(F)(F)C1(F)F. The number of rotatable bonds is 2. The summed E-state index contributed by atoms with van der Waals surface area (Å²) in [5.74, 6) is -27.4. The Morgan fingerprint density at radius 3 is 1.12 bits per heavy atom. The molecule has 1 aliphatic heterocycles. The van der Waals surface area contributed by atoms with Crippen molar-refractivity contribution in [2.24, 2.45) is 0 Å². The van der Waals surface area contributed by atoms with E-state index in [2.05, 4.69) is 0 Å². The number of likely N-dealkylation sites (tertiary alicyclic amines) is 1. The predicted octanol–water partition coefficient (Wildman–Crippen LogP) is 5.06. The zero-order chi connectivity index (χ0) is 19.7. The van der Waals surface area contributed by atoms with Crippen LogP contribution in [0.3, 0.4) is 0 Å². The van der Waals surface area contributed by atoms with Crippen molar-refractivity contribution in [3.8, 4) is 0 Å². The normalized spacial score (nSPS) is 27.6. The fraction of sp³-hybridized carbons (Fsp3) is 0.750. The molecule has 0 saturated carbocycles. The predicted molar refractivity (Wildman–Crippen MR) is 41.9 cm³/mol. The molecule has 0 atom stereocenters. The highest BCUT2D eigenvalue weighted by Crippen LogP contribution is 2.66. The average Bonchev–Trinajstić information content (AvgIpc) is 2.34. The molecule has 0 unspecified atom stereocenters. The Bertz CT molecular complexity index is 526. The molecule has 0 aromatic rings. The molecule has 24 heavy (non-hydrogen) atoms. The summed E-state index contributed by atoms with van der Waals surface area (Å²) in [5.41, 5.74) is 0. The fourth-order valence-corrected chi connectivity index (χ4v) is 1.60. The Hall–Kier alpha value is -1.35.